The van der Waals surface area contributed by atoms with Crippen LogP contribution in [-0.2, 0) is 0 Å². The van der Waals surface area contributed by atoms with Crippen molar-refractivity contribution >= 4 is 11.9 Å². The molecule has 3 rings (SSSR count). The van der Waals surface area contributed by atoms with E-state index >= 15 is 0 Å². The third-order valence-corrected chi connectivity index (χ3v) is 3.96. The lowest BCUT2D eigenvalue weighted by Gasteiger charge is -2.16. The van der Waals surface area contributed by atoms with E-state index in [-0.39, 0.29) is 0 Å². The van der Waals surface area contributed by atoms with Gasteiger partial charge in [-0.2, -0.15) is 5.10 Å². The Kier molecular flexibility index (Phi) is 5.14. The molecule has 4 nitrogen and oxygen atoms in total. The van der Waals surface area contributed by atoms with Crippen LogP contribution in [-0.4, -0.2) is 19.4 Å². The number of nitrogens with zero attached hydrogens (tertiary/aromatic N) is 1. The normalized spacial score (nSPS) is 15.0. The molecule has 1 aliphatic rings. The second-order valence-corrected chi connectivity index (χ2v) is 5.67. The van der Waals surface area contributed by atoms with Gasteiger partial charge in [-0.05, 0) is 61.6 Å². The number of para-hydroxylation sites is 1. The van der Waals surface area contributed by atoms with E-state index in [9.17, 15) is 0 Å². The number of nitrogens with one attached hydrogen (secondary N) is 1. The number of hydrazone groups is 1. The molecule has 23 heavy (non-hydrogen) atoms. The van der Waals surface area contributed by atoms with Gasteiger partial charge in [0.2, 0.25) is 0 Å². The van der Waals surface area contributed by atoms with Gasteiger partial charge in [-0.1, -0.05) is 18.2 Å². The van der Waals surface area contributed by atoms with Crippen molar-refractivity contribution < 1.29 is 9.47 Å². The minimum atomic E-state index is 0.304. The van der Waals surface area contributed by atoms with Crippen LogP contribution in [0.15, 0.2) is 53.6 Å². The molecule has 0 aliphatic heterocycles. The molecule has 2 aromatic rings. The third kappa shape index (κ3) is 4.25. The fourth-order valence-corrected chi connectivity index (χ4v) is 2.75. The molecule has 120 valence electrons. The fraction of sp³-hybridized carbons (Fsp3) is 0.316. The Morgan fingerprint density at radius 2 is 1.83 bits per heavy atom. The molecule has 0 unspecified atom stereocenters. The van der Waals surface area contributed by atoms with E-state index < -0.39 is 0 Å². The summed E-state index contributed by atoms with van der Waals surface area (Å²) in [4.78, 5) is 0. The molecule has 0 spiro atoms. The van der Waals surface area contributed by atoms with Crippen LogP contribution >= 0.6 is 0 Å². The van der Waals surface area contributed by atoms with Gasteiger partial charge in [0.1, 0.15) is 0 Å². The number of hydrogen-bond acceptors (Lipinski definition) is 4. The van der Waals surface area contributed by atoms with E-state index in [1.165, 1.54) is 12.8 Å². The Labute approximate surface area is 137 Å². The van der Waals surface area contributed by atoms with Gasteiger partial charge < -0.3 is 9.47 Å². The summed E-state index contributed by atoms with van der Waals surface area (Å²) in [6.45, 7) is 0. The highest BCUT2D eigenvalue weighted by atomic mass is 16.5. The Hall–Kier alpha value is -2.49. The van der Waals surface area contributed by atoms with E-state index in [0.29, 0.717) is 6.10 Å². The SMILES string of the molecule is COc1ccc(C=NNc2ccccc2)cc1OC1CCCC1. The molecule has 0 heterocycles. The first-order valence-electron chi connectivity index (χ1n) is 8.04. The largest absolute Gasteiger partial charge is 0.493 e. The smallest absolute Gasteiger partial charge is 0.162 e. The summed E-state index contributed by atoms with van der Waals surface area (Å²) in [5.41, 5.74) is 4.94. The number of methoxy groups -OCH3 is 1. The maximum Gasteiger partial charge on any atom is 0.162 e. The lowest BCUT2D eigenvalue weighted by molar-refractivity contribution is 0.201. The summed E-state index contributed by atoms with van der Waals surface area (Å²) in [5.74, 6) is 1.56. The summed E-state index contributed by atoms with van der Waals surface area (Å²) in [6, 6.07) is 15.7. The lowest BCUT2D eigenvalue weighted by atomic mass is 10.2. The maximum absolute atomic E-state index is 6.10. The fourth-order valence-electron chi connectivity index (χ4n) is 2.75. The minimum absolute atomic E-state index is 0.304. The van der Waals surface area contributed by atoms with E-state index in [1.807, 2.05) is 48.5 Å². The molecule has 1 saturated carbocycles. The molecule has 1 N–H and O–H groups in total. The highest BCUT2D eigenvalue weighted by Crippen LogP contribution is 2.32. The van der Waals surface area contributed by atoms with Crippen molar-refractivity contribution in [3.8, 4) is 11.5 Å². The van der Waals surface area contributed by atoms with Crippen LogP contribution in [0.2, 0.25) is 0 Å². The Morgan fingerprint density at radius 3 is 2.57 bits per heavy atom. The predicted molar refractivity (Wildman–Crippen MR) is 93.5 cm³/mol. The zero-order chi connectivity index (χ0) is 15.9. The quantitative estimate of drug-likeness (QED) is 0.632. The standard InChI is InChI=1S/C19H22N2O2/c1-22-18-12-11-15(13-19(18)23-17-9-5-6-10-17)14-20-21-16-7-3-2-4-8-16/h2-4,7-8,11-14,17,21H,5-6,9-10H2,1H3. The molecule has 0 aromatic heterocycles. The van der Waals surface area contributed by atoms with Crippen molar-refractivity contribution in [2.24, 2.45) is 5.10 Å². The van der Waals surface area contributed by atoms with Crippen LogP contribution < -0.4 is 14.9 Å². The molecule has 0 saturated heterocycles. The zero-order valence-electron chi connectivity index (χ0n) is 13.4. The zero-order valence-corrected chi connectivity index (χ0v) is 13.4. The molecule has 0 amide bonds. The second kappa shape index (κ2) is 7.68. The van der Waals surface area contributed by atoms with Gasteiger partial charge in [0.25, 0.3) is 0 Å². The molecule has 4 heteroatoms. The molecule has 1 aliphatic carbocycles. The highest BCUT2D eigenvalue weighted by molar-refractivity contribution is 5.81. The number of rotatable bonds is 6. The van der Waals surface area contributed by atoms with Crippen molar-refractivity contribution in [2.45, 2.75) is 31.8 Å². The minimum Gasteiger partial charge on any atom is -0.493 e. The first-order chi connectivity index (χ1) is 11.3. The van der Waals surface area contributed by atoms with Crippen molar-refractivity contribution in [2.75, 3.05) is 12.5 Å². The van der Waals surface area contributed by atoms with Crippen LogP contribution in [0.5, 0.6) is 11.5 Å². The Bertz CT molecular complexity index is 650. The third-order valence-electron chi connectivity index (χ3n) is 3.96. The first-order valence-corrected chi connectivity index (χ1v) is 8.04. The van der Waals surface area contributed by atoms with E-state index in [0.717, 1.165) is 35.6 Å². The number of benzene rings is 2. The predicted octanol–water partition coefficient (Wildman–Crippen LogP) is 4.46. The topological polar surface area (TPSA) is 42.8 Å². The molecule has 0 atom stereocenters. The number of hydrogen-bond donors (Lipinski definition) is 1. The van der Waals surface area contributed by atoms with Crippen molar-refractivity contribution in [1.29, 1.82) is 0 Å². The summed E-state index contributed by atoms with van der Waals surface area (Å²) >= 11 is 0. The van der Waals surface area contributed by atoms with Gasteiger partial charge in [-0.25, -0.2) is 0 Å². The van der Waals surface area contributed by atoms with Crippen LogP contribution in [0.1, 0.15) is 31.2 Å². The van der Waals surface area contributed by atoms with Crippen LogP contribution in [0, 0.1) is 0 Å². The molecule has 0 radical (unpaired) electrons. The number of anilines is 1. The average molecular weight is 310 g/mol. The van der Waals surface area contributed by atoms with Gasteiger partial charge in [0.05, 0.1) is 25.1 Å². The van der Waals surface area contributed by atoms with Crippen LogP contribution in [0.4, 0.5) is 5.69 Å². The molecule has 2 aromatic carbocycles. The Balaban J connectivity index is 1.69. The van der Waals surface area contributed by atoms with Gasteiger partial charge in [-0.3, -0.25) is 5.43 Å². The summed E-state index contributed by atoms with van der Waals surface area (Å²) < 4.78 is 11.5. The van der Waals surface area contributed by atoms with E-state index in [1.54, 1.807) is 13.3 Å². The average Bonchev–Trinajstić information content (AvgIpc) is 3.09. The van der Waals surface area contributed by atoms with Crippen molar-refractivity contribution in [3.63, 3.8) is 0 Å². The van der Waals surface area contributed by atoms with Gasteiger partial charge in [-0.15, -0.1) is 0 Å². The molecule has 1 fully saturated rings. The van der Waals surface area contributed by atoms with Crippen LogP contribution in [0.3, 0.4) is 0 Å². The summed E-state index contributed by atoms with van der Waals surface area (Å²) in [5, 5.41) is 4.27. The monoisotopic (exact) mass is 310 g/mol. The highest BCUT2D eigenvalue weighted by Gasteiger charge is 2.18. The number of ether oxygens (including phenoxy) is 2. The maximum atomic E-state index is 6.10. The van der Waals surface area contributed by atoms with Crippen molar-refractivity contribution in [1.82, 2.24) is 0 Å². The van der Waals surface area contributed by atoms with Gasteiger partial charge in [0, 0.05) is 0 Å². The molecular weight excluding hydrogens is 288 g/mol. The van der Waals surface area contributed by atoms with Gasteiger partial charge in [0.15, 0.2) is 11.5 Å². The lowest BCUT2D eigenvalue weighted by Crippen LogP contribution is -2.11. The second-order valence-electron chi connectivity index (χ2n) is 5.67. The Morgan fingerprint density at radius 1 is 1.04 bits per heavy atom. The van der Waals surface area contributed by atoms with Crippen molar-refractivity contribution in [3.05, 3.63) is 54.1 Å². The molecular formula is C19H22N2O2. The summed E-state index contributed by atoms with van der Waals surface area (Å²) in [6.07, 6.45) is 6.82. The van der Waals surface area contributed by atoms with E-state index in [2.05, 4.69) is 10.5 Å². The van der Waals surface area contributed by atoms with E-state index in [4.69, 9.17) is 9.47 Å². The van der Waals surface area contributed by atoms with Gasteiger partial charge >= 0.3 is 0 Å². The first kappa shape index (κ1) is 15.4. The summed E-state index contributed by atoms with van der Waals surface area (Å²) in [7, 11) is 1.67. The van der Waals surface area contributed by atoms with Crippen LogP contribution in [0.25, 0.3) is 0 Å². The molecule has 0 bridgehead atoms.